The molecule has 1 fully saturated rings. The van der Waals surface area contributed by atoms with Gasteiger partial charge in [0.25, 0.3) is 0 Å². The highest BCUT2D eigenvalue weighted by Crippen LogP contribution is 2.46. The SMILES string of the molecule is Oc1c(N=Nc2ccc(Cl)cc2Cl)c2cc(C(F)(F)F)ccc2n1C1CSC1. The van der Waals surface area contributed by atoms with Gasteiger partial charge in [-0.2, -0.15) is 24.9 Å². The molecule has 0 aliphatic carbocycles. The lowest BCUT2D eigenvalue weighted by atomic mass is 10.1. The number of rotatable bonds is 3. The number of thioether (sulfide) groups is 1. The normalized spacial score (nSPS) is 15.5. The van der Waals surface area contributed by atoms with Crippen molar-refractivity contribution in [2.24, 2.45) is 10.2 Å². The molecule has 1 N–H and O–H groups in total. The van der Waals surface area contributed by atoms with E-state index in [4.69, 9.17) is 23.2 Å². The lowest BCUT2D eigenvalue weighted by Crippen LogP contribution is -2.22. The standard InChI is InChI=1S/C18H12Cl2F3N3OS/c19-10-2-3-14(13(20)6-10)24-25-16-12-5-9(18(21,22)23)1-4-15(12)26(17(16)27)11-7-28-8-11/h1-6,11,27H,7-8H2. The summed E-state index contributed by atoms with van der Waals surface area (Å²) in [7, 11) is 0. The Morgan fingerprint density at radius 2 is 1.82 bits per heavy atom. The Hall–Kier alpha value is -1.90. The molecule has 0 atom stereocenters. The molecule has 4 nitrogen and oxygen atoms in total. The van der Waals surface area contributed by atoms with Gasteiger partial charge in [-0.1, -0.05) is 23.2 Å². The average Bonchev–Trinajstić information content (AvgIpc) is 2.84. The summed E-state index contributed by atoms with van der Waals surface area (Å²) < 4.78 is 41.1. The van der Waals surface area contributed by atoms with Crippen LogP contribution in [0.25, 0.3) is 10.9 Å². The van der Waals surface area contributed by atoms with E-state index < -0.39 is 11.7 Å². The smallest absolute Gasteiger partial charge is 0.416 e. The summed E-state index contributed by atoms with van der Waals surface area (Å²) >= 11 is 13.6. The Kier molecular flexibility index (Phi) is 4.97. The van der Waals surface area contributed by atoms with Gasteiger partial charge in [-0.3, -0.25) is 0 Å². The summed E-state index contributed by atoms with van der Waals surface area (Å²) in [5, 5.41) is 19.6. The van der Waals surface area contributed by atoms with Crippen molar-refractivity contribution in [1.82, 2.24) is 4.57 Å². The number of halogens is 5. The first kappa shape index (κ1) is 19.4. The van der Waals surface area contributed by atoms with Gasteiger partial charge in [0.1, 0.15) is 5.69 Å². The lowest BCUT2D eigenvalue weighted by Gasteiger charge is -2.27. The van der Waals surface area contributed by atoms with Crippen LogP contribution in [-0.2, 0) is 6.18 Å². The summed E-state index contributed by atoms with van der Waals surface area (Å²) in [6, 6.07) is 7.92. The number of azo groups is 1. The number of hydrogen-bond acceptors (Lipinski definition) is 4. The van der Waals surface area contributed by atoms with Gasteiger partial charge in [0.05, 0.1) is 22.1 Å². The average molecular weight is 446 g/mol. The second-order valence-corrected chi connectivity index (χ2v) is 8.18. The number of aromatic nitrogens is 1. The maximum atomic E-state index is 13.2. The quantitative estimate of drug-likeness (QED) is 0.427. The molecule has 1 aliphatic heterocycles. The molecular weight excluding hydrogens is 434 g/mol. The molecule has 0 bridgehead atoms. The Morgan fingerprint density at radius 3 is 2.43 bits per heavy atom. The van der Waals surface area contributed by atoms with E-state index in [-0.39, 0.29) is 33.7 Å². The van der Waals surface area contributed by atoms with Crippen LogP contribution in [0.1, 0.15) is 11.6 Å². The molecule has 0 saturated carbocycles. The topological polar surface area (TPSA) is 49.9 Å². The highest BCUT2D eigenvalue weighted by Gasteiger charge is 2.33. The van der Waals surface area contributed by atoms with Crippen molar-refractivity contribution in [2.45, 2.75) is 12.2 Å². The fraction of sp³-hybridized carbons (Fsp3) is 0.222. The number of hydrogen-bond donors (Lipinski definition) is 1. The Bertz CT molecular complexity index is 1090. The van der Waals surface area contributed by atoms with Crippen LogP contribution in [0.5, 0.6) is 5.88 Å². The van der Waals surface area contributed by atoms with Gasteiger partial charge in [0.15, 0.2) is 5.69 Å². The molecule has 4 rings (SSSR count). The molecule has 28 heavy (non-hydrogen) atoms. The van der Waals surface area contributed by atoms with Crippen molar-refractivity contribution in [3.05, 3.63) is 52.0 Å². The highest BCUT2D eigenvalue weighted by molar-refractivity contribution is 8.00. The molecule has 1 saturated heterocycles. The van der Waals surface area contributed by atoms with Gasteiger partial charge >= 0.3 is 6.18 Å². The van der Waals surface area contributed by atoms with Crippen LogP contribution >= 0.6 is 35.0 Å². The fourth-order valence-electron chi connectivity index (χ4n) is 2.97. The van der Waals surface area contributed by atoms with E-state index in [0.29, 0.717) is 10.5 Å². The van der Waals surface area contributed by atoms with Crippen molar-refractivity contribution in [2.75, 3.05) is 11.5 Å². The van der Waals surface area contributed by atoms with Crippen LogP contribution in [0.3, 0.4) is 0 Å². The number of alkyl halides is 3. The second-order valence-electron chi connectivity index (χ2n) is 6.26. The van der Waals surface area contributed by atoms with Gasteiger partial charge in [-0.25, -0.2) is 0 Å². The minimum absolute atomic E-state index is 0.00712. The van der Waals surface area contributed by atoms with E-state index in [1.54, 1.807) is 22.4 Å². The zero-order valence-electron chi connectivity index (χ0n) is 14.0. The molecule has 2 aromatic carbocycles. The van der Waals surface area contributed by atoms with Crippen molar-refractivity contribution in [3.63, 3.8) is 0 Å². The maximum Gasteiger partial charge on any atom is 0.416 e. The largest absolute Gasteiger partial charge is 0.493 e. The van der Waals surface area contributed by atoms with E-state index in [0.717, 1.165) is 23.6 Å². The van der Waals surface area contributed by atoms with Crippen LogP contribution in [0.15, 0.2) is 46.6 Å². The first-order valence-corrected chi connectivity index (χ1v) is 10.1. The molecule has 1 aromatic heterocycles. The third-order valence-corrected chi connectivity index (χ3v) is 6.21. The van der Waals surface area contributed by atoms with Crippen LogP contribution in [0.2, 0.25) is 10.0 Å². The number of aromatic hydroxyl groups is 1. The third-order valence-electron chi connectivity index (χ3n) is 4.43. The summed E-state index contributed by atoms with van der Waals surface area (Å²) in [4.78, 5) is 0. The summed E-state index contributed by atoms with van der Waals surface area (Å²) in [6.07, 6.45) is -4.51. The van der Waals surface area contributed by atoms with Crippen LogP contribution < -0.4 is 0 Å². The van der Waals surface area contributed by atoms with Gasteiger partial charge in [0, 0.05) is 21.9 Å². The number of fused-ring (bicyclic) bond motifs is 1. The van der Waals surface area contributed by atoms with E-state index in [1.807, 2.05) is 0 Å². The van der Waals surface area contributed by atoms with Crippen LogP contribution in [-0.4, -0.2) is 21.2 Å². The zero-order valence-corrected chi connectivity index (χ0v) is 16.4. The van der Waals surface area contributed by atoms with E-state index >= 15 is 0 Å². The van der Waals surface area contributed by atoms with Crippen LogP contribution in [0.4, 0.5) is 24.5 Å². The predicted molar refractivity (Wildman–Crippen MR) is 106 cm³/mol. The highest BCUT2D eigenvalue weighted by atomic mass is 35.5. The summed E-state index contributed by atoms with van der Waals surface area (Å²) in [5.74, 6) is 1.31. The molecule has 3 aromatic rings. The van der Waals surface area contributed by atoms with Gasteiger partial charge in [0.2, 0.25) is 5.88 Å². The monoisotopic (exact) mass is 445 g/mol. The van der Waals surface area contributed by atoms with Gasteiger partial charge in [-0.15, -0.1) is 10.2 Å². The maximum absolute atomic E-state index is 13.2. The molecule has 2 heterocycles. The Labute approximate surface area is 172 Å². The predicted octanol–water partition coefficient (Wildman–Crippen LogP) is 7.38. The van der Waals surface area contributed by atoms with Crippen LogP contribution in [0, 0.1) is 0 Å². The Morgan fingerprint density at radius 1 is 1.07 bits per heavy atom. The van der Waals surface area contributed by atoms with Crippen molar-refractivity contribution in [1.29, 1.82) is 0 Å². The third kappa shape index (κ3) is 3.44. The van der Waals surface area contributed by atoms with Crippen molar-refractivity contribution < 1.29 is 18.3 Å². The summed E-state index contributed by atoms with van der Waals surface area (Å²) in [5.41, 5.74) is -0.0744. The molecule has 0 spiro atoms. The summed E-state index contributed by atoms with van der Waals surface area (Å²) in [6.45, 7) is 0. The van der Waals surface area contributed by atoms with E-state index in [9.17, 15) is 18.3 Å². The lowest BCUT2D eigenvalue weighted by molar-refractivity contribution is -0.137. The molecule has 10 heteroatoms. The Balaban J connectivity index is 1.87. The zero-order chi connectivity index (χ0) is 20.1. The molecule has 0 unspecified atom stereocenters. The van der Waals surface area contributed by atoms with Crippen molar-refractivity contribution in [3.8, 4) is 5.88 Å². The van der Waals surface area contributed by atoms with E-state index in [1.165, 1.54) is 18.2 Å². The molecular formula is C18H12Cl2F3N3OS. The molecule has 146 valence electrons. The first-order valence-electron chi connectivity index (χ1n) is 8.14. The van der Waals surface area contributed by atoms with Crippen molar-refractivity contribution >= 4 is 57.2 Å². The van der Waals surface area contributed by atoms with Gasteiger partial charge < -0.3 is 9.67 Å². The number of benzene rings is 2. The minimum Gasteiger partial charge on any atom is -0.493 e. The number of nitrogens with zero attached hydrogens (tertiary/aromatic N) is 3. The molecule has 0 amide bonds. The first-order chi connectivity index (χ1) is 13.3. The second kappa shape index (κ2) is 7.17. The molecule has 0 radical (unpaired) electrons. The van der Waals surface area contributed by atoms with Gasteiger partial charge in [-0.05, 0) is 36.4 Å². The minimum atomic E-state index is -4.51. The fourth-order valence-corrected chi connectivity index (χ4v) is 4.16. The van der Waals surface area contributed by atoms with E-state index in [2.05, 4.69) is 10.2 Å². The molecule has 1 aliphatic rings.